The maximum atomic E-state index is 2.35. The molecule has 4 aromatic carbocycles. The quantitative estimate of drug-likeness (QED) is 0.225. The molecule has 0 aromatic heterocycles. The van der Waals surface area contributed by atoms with Crippen LogP contribution in [0.2, 0.25) is 0 Å². The van der Waals surface area contributed by atoms with Crippen LogP contribution in [0.25, 0.3) is 0 Å². The molecule has 0 saturated heterocycles. The summed E-state index contributed by atoms with van der Waals surface area (Å²) in [6.07, 6.45) is 0. The van der Waals surface area contributed by atoms with Crippen molar-refractivity contribution in [2.24, 2.45) is 0 Å². The number of hydrogen-bond acceptors (Lipinski definition) is 0. The van der Waals surface area contributed by atoms with E-state index < -0.39 is 0 Å². The molecule has 1 unspecified atom stereocenters. The molecule has 26 heavy (non-hydrogen) atoms. The Kier molecular flexibility index (Phi) is 8.59. The van der Waals surface area contributed by atoms with Gasteiger partial charge in [0.2, 0.25) is 0 Å². The van der Waals surface area contributed by atoms with Gasteiger partial charge in [-0.1, -0.05) is 67.6 Å². The fourth-order valence-electron chi connectivity index (χ4n) is 2.91. The van der Waals surface area contributed by atoms with E-state index in [1.807, 2.05) is 30.3 Å². The second-order valence-electron chi connectivity index (χ2n) is 5.90. The molecule has 0 aliphatic heterocycles. The van der Waals surface area contributed by atoms with E-state index in [0.717, 1.165) is 0 Å². The van der Waals surface area contributed by atoms with E-state index in [1.54, 1.807) is 0 Å². The molecule has 0 amide bonds. The monoisotopic (exact) mass is 398 g/mol. The molecular formula is C24H23FeP-6. The maximum Gasteiger partial charge on any atom is 0 e. The summed E-state index contributed by atoms with van der Waals surface area (Å²) >= 11 is 0. The Morgan fingerprint density at radius 2 is 1.04 bits per heavy atom. The van der Waals surface area contributed by atoms with E-state index in [-0.39, 0.29) is 25.0 Å². The van der Waals surface area contributed by atoms with Crippen LogP contribution in [0.5, 0.6) is 0 Å². The Morgan fingerprint density at radius 1 is 0.654 bits per heavy atom. The molecule has 0 N–H and O–H groups in total. The summed E-state index contributed by atoms with van der Waals surface area (Å²) in [6.45, 7) is 2.35. The fourth-order valence-corrected chi connectivity index (χ4v) is 5.56. The Morgan fingerprint density at radius 3 is 1.42 bits per heavy atom. The zero-order valence-corrected chi connectivity index (χ0v) is 16.8. The van der Waals surface area contributed by atoms with Crippen LogP contribution in [-0.4, -0.2) is 0 Å². The second kappa shape index (κ2) is 10.9. The van der Waals surface area contributed by atoms with Crippen molar-refractivity contribution < 1.29 is 17.1 Å². The van der Waals surface area contributed by atoms with Gasteiger partial charge in [0.25, 0.3) is 0 Å². The first-order valence-corrected chi connectivity index (χ1v) is 10.0. The minimum Gasteiger partial charge on any atom is -0.748 e. The molecule has 0 saturated carbocycles. The molecule has 0 nitrogen and oxygen atoms in total. The molecule has 4 aromatic rings. The van der Waals surface area contributed by atoms with Crippen molar-refractivity contribution in [2.75, 3.05) is 0 Å². The molecule has 0 aliphatic carbocycles. The fraction of sp³-hybridized carbons (Fsp3) is 0.0833. The van der Waals surface area contributed by atoms with Gasteiger partial charge in [-0.05, 0) is 24.2 Å². The molecule has 138 valence electrons. The van der Waals surface area contributed by atoms with Crippen molar-refractivity contribution in [2.45, 2.75) is 12.6 Å². The van der Waals surface area contributed by atoms with E-state index in [1.165, 1.54) is 16.2 Å². The maximum absolute atomic E-state index is 2.35. The molecule has 4 rings (SSSR count). The van der Waals surface area contributed by atoms with Crippen LogP contribution in [0, 0.1) is 0 Å². The van der Waals surface area contributed by atoms with Gasteiger partial charge < -0.3 is 30.3 Å². The molecule has 0 aliphatic rings. The molecule has 2 heteroatoms. The minimum atomic E-state index is -0.363. The van der Waals surface area contributed by atoms with Crippen molar-refractivity contribution >= 4 is 18.5 Å². The van der Waals surface area contributed by atoms with Gasteiger partial charge >= 0.3 is 0 Å². The first kappa shape index (κ1) is 20.4. The van der Waals surface area contributed by atoms with Gasteiger partial charge in [0, 0.05) is 17.1 Å². The molecule has 0 bridgehead atoms. The normalized spacial score (nSPS) is 11.2. The Balaban J connectivity index is 0.000000351. The number of rotatable bonds is 4. The van der Waals surface area contributed by atoms with E-state index in [0.29, 0.717) is 5.66 Å². The van der Waals surface area contributed by atoms with Gasteiger partial charge in [-0.2, -0.15) is 12.1 Å². The first-order valence-electron chi connectivity index (χ1n) is 8.64. The summed E-state index contributed by atoms with van der Waals surface area (Å²) in [4.78, 5) is 0. The van der Waals surface area contributed by atoms with Crippen LogP contribution in [0.4, 0.5) is 0 Å². The van der Waals surface area contributed by atoms with E-state index in [4.69, 9.17) is 0 Å². The molecule has 0 spiro atoms. The largest absolute Gasteiger partial charge is 0.748 e. The molecule has 1 atom stereocenters. The summed E-state index contributed by atoms with van der Waals surface area (Å²) in [7, 11) is -0.363. The Bertz CT molecular complexity index is 749. The van der Waals surface area contributed by atoms with Crippen LogP contribution in [0.1, 0.15) is 18.1 Å². The van der Waals surface area contributed by atoms with E-state index >= 15 is 0 Å². The van der Waals surface area contributed by atoms with Gasteiger partial charge in [-0.3, -0.25) is 0 Å². The van der Waals surface area contributed by atoms with E-state index in [2.05, 4.69) is 91.9 Å². The van der Waals surface area contributed by atoms with Gasteiger partial charge in [0.1, 0.15) is 0 Å². The van der Waals surface area contributed by atoms with Crippen molar-refractivity contribution in [3.05, 3.63) is 121 Å². The van der Waals surface area contributed by atoms with Crippen molar-refractivity contribution in [3.63, 3.8) is 0 Å². The predicted molar refractivity (Wildman–Crippen MR) is 112 cm³/mol. The third-order valence-electron chi connectivity index (χ3n) is 4.18. The molecule has 0 heterocycles. The van der Waals surface area contributed by atoms with Gasteiger partial charge in [0.05, 0.1) is 0 Å². The Labute approximate surface area is 168 Å². The number of hydrogen-bond donors (Lipinski definition) is 0. The summed E-state index contributed by atoms with van der Waals surface area (Å²) in [5.41, 5.74) is 1.97. The second-order valence-corrected chi connectivity index (χ2v) is 8.44. The predicted octanol–water partition coefficient (Wildman–Crippen LogP) is 6.00. The van der Waals surface area contributed by atoms with Crippen molar-refractivity contribution in [1.29, 1.82) is 0 Å². The molecule has 0 radical (unpaired) electrons. The molecular weight excluding hydrogens is 375 g/mol. The Hall–Kier alpha value is -1.91. The van der Waals surface area contributed by atoms with Gasteiger partial charge in [-0.15, -0.1) is 5.56 Å². The number of benzene rings is 2. The van der Waals surface area contributed by atoms with E-state index in [9.17, 15) is 0 Å². The van der Waals surface area contributed by atoms with Crippen LogP contribution in [0.15, 0.2) is 115 Å². The van der Waals surface area contributed by atoms with Crippen LogP contribution in [0.3, 0.4) is 0 Å². The third kappa shape index (κ3) is 5.55. The van der Waals surface area contributed by atoms with Crippen molar-refractivity contribution in [1.82, 2.24) is 0 Å². The van der Waals surface area contributed by atoms with Crippen LogP contribution < -0.4 is 10.6 Å². The zero-order valence-electron chi connectivity index (χ0n) is 14.8. The minimum absolute atomic E-state index is 0. The van der Waals surface area contributed by atoms with Crippen LogP contribution in [-0.2, 0) is 17.1 Å². The standard InChI is InChI=1S/C19H18P.C5H5.Fe/c1-16(17-10-8-9-11-17)20(18-12-4-2-5-13-18)19-14-6-3-7-15-19;1-2-4-5-3-1;/h2-16H,1H3;1-5H;/q-1;-5;. The summed E-state index contributed by atoms with van der Waals surface area (Å²) < 4.78 is 0. The van der Waals surface area contributed by atoms with Gasteiger partial charge in [-0.25, -0.2) is 12.1 Å². The molecule has 0 fully saturated rings. The summed E-state index contributed by atoms with van der Waals surface area (Å²) in [6, 6.07) is 40.6. The summed E-state index contributed by atoms with van der Waals surface area (Å²) in [5, 5.41) is 2.89. The first-order chi connectivity index (χ1) is 12.4. The topological polar surface area (TPSA) is 0 Å². The van der Waals surface area contributed by atoms with Gasteiger partial charge in [0.15, 0.2) is 0 Å². The van der Waals surface area contributed by atoms with Crippen LogP contribution >= 0.6 is 7.92 Å². The zero-order chi connectivity index (χ0) is 17.3. The van der Waals surface area contributed by atoms with Crippen molar-refractivity contribution in [3.8, 4) is 0 Å². The smallest absolute Gasteiger partial charge is 0 e. The summed E-state index contributed by atoms with van der Waals surface area (Å²) in [5.74, 6) is 0. The average molecular weight is 398 g/mol. The third-order valence-corrected chi connectivity index (χ3v) is 6.96. The SMILES string of the molecule is CC([c-]1cccc1)P(c1ccccc1)c1ccccc1.[Fe].[cH-]1[cH-][cH-][cH-][cH-]1. The average Bonchev–Trinajstić information content (AvgIpc) is 3.40.